The summed E-state index contributed by atoms with van der Waals surface area (Å²) in [5.74, 6) is 0.993. The minimum atomic E-state index is -0.390. The number of piperidine rings is 1. The van der Waals surface area contributed by atoms with Gasteiger partial charge in [0.05, 0.1) is 17.1 Å². The lowest BCUT2D eigenvalue weighted by atomic mass is 10.1. The second kappa shape index (κ2) is 7.00. The number of para-hydroxylation sites is 2. The number of nitrogens with zero attached hydrogens (tertiary/aromatic N) is 3. The Balaban J connectivity index is 1.59. The van der Waals surface area contributed by atoms with Crippen LogP contribution < -0.4 is 5.32 Å². The number of aryl methyl sites for hydroxylation is 1. The van der Waals surface area contributed by atoms with Crippen LogP contribution >= 0.6 is 0 Å². The number of β-amino-alcohol motifs (C(OH)–C–C–N with tert-alkyl or cyclic N) is 1. The molecule has 1 saturated heterocycles. The molecule has 23 heavy (non-hydrogen) atoms. The minimum Gasteiger partial charge on any atom is -0.391 e. The fourth-order valence-electron chi connectivity index (χ4n) is 3.20. The highest BCUT2D eigenvalue weighted by Crippen LogP contribution is 2.16. The maximum Gasteiger partial charge on any atom is 0.317 e. The zero-order valence-corrected chi connectivity index (χ0v) is 13.5. The number of rotatable bonds is 4. The molecule has 1 unspecified atom stereocenters. The van der Waals surface area contributed by atoms with E-state index in [0.29, 0.717) is 19.5 Å². The topological polar surface area (TPSA) is 70.4 Å². The number of aliphatic hydroxyl groups is 1. The summed E-state index contributed by atoms with van der Waals surface area (Å²) in [5.41, 5.74) is 2.13. The van der Waals surface area contributed by atoms with E-state index in [1.54, 1.807) is 4.90 Å². The average Bonchev–Trinajstić information content (AvgIpc) is 2.92. The molecule has 2 N–H and O–H groups in total. The molecule has 1 atom stereocenters. The van der Waals surface area contributed by atoms with Crippen molar-refractivity contribution in [3.05, 3.63) is 30.1 Å². The maximum absolute atomic E-state index is 12.1. The number of likely N-dealkylation sites (tertiary alicyclic amines) is 1. The van der Waals surface area contributed by atoms with Crippen LogP contribution in [0.3, 0.4) is 0 Å². The third-order valence-electron chi connectivity index (χ3n) is 4.36. The van der Waals surface area contributed by atoms with Crippen LogP contribution in [0.2, 0.25) is 0 Å². The van der Waals surface area contributed by atoms with E-state index in [9.17, 15) is 9.90 Å². The molecule has 6 nitrogen and oxygen atoms in total. The molecule has 6 heteroatoms. The smallest absolute Gasteiger partial charge is 0.317 e. The van der Waals surface area contributed by atoms with Gasteiger partial charge in [-0.2, -0.15) is 0 Å². The zero-order chi connectivity index (χ0) is 16.2. The molecular weight excluding hydrogens is 292 g/mol. The van der Waals surface area contributed by atoms with Gasteiger partial charge in [0.1, 0.15) is 5.82 Å². The molecule has 2 heterocycles. The Morgan fingerprint density at radius 1 is 1.43 bits per heavy atom. The normalized spacial score (nSPS) is 18.3. The van der Waals surface area contributed by atoms with Gasteiger partial charge in [0.2, 0.25) is 0 Å². The van der Waals surface area contributed by atoms with Gasteiger partial charge in [-0.25, -0.2) is 9.78 Å². The molecular formula is C17H24N4O2. The van der Waals surface area contributed by atoms with Crippen molar-refractivity contribution in [1.29, 1.82) is 0 Å². The second-order valence-corrected chi connectivity index (χ2v) is 5.99. The van der Waals surface area contributed by atoms with Crippen molar-refractivity contribution in [2.45, 2.75) is 38.8 Å². The van der Waals surface area contributed by atoms with Gasteiger partial charge in [0, 0.05) is 32.6 Å². The Hall–Kier alpha value is -2.08. The van der Waals surface area contributed by atoms with Crippen LogP contribution in [0.25, 0.3) is 11.0 Å². The summed E-state index contributed by atoms with van der Waals surface area (Å²) in [6.45, 7) is 4.66. The number of aliphatic hydroxyl groups excluding tert-OH is 1. The Labute approximate surface area is 136 Å². The Morgan fingerprint density at radius 3 is 3.04 bits per heavy atom. The van der Waals surface area contributed by atoms with Crippen molar-refractivity contribution in [3.63, 3.8) is 0 Å². The third kappa shape index (κ3) is 3.47. The molecule has 0 spiro atoms. The number of urea groups is 1. The number of aromatic nitrogens is 2. The fraction of sp³-hybridized carbons (Fsp3) is 0.529. The molecule has 1 aromatic carbocycles. The van der Waals surface area contributed by atoms with Gasteiger partial charge in [-0.15, -0.1) is 0 Å². The largest absolute Gasteiger partial charge is 0.391 e. The quantitative estimate of drug-likeness (QED) is 0.903. The number of benzene rings is 1. The first-order chi connectivity index (χ1) is 11.2. The van der Waals surface area contributed by atoms with Gasteiger partial charge >= 0.3 is 6.03 Å². The van der Waals surface area contributed by atoms with Crippen molar-refractivity contribution < 1.29 is 9.90 Å². The van der Waals surface area contributed by atoms with Gasteiger partial charge < -0.3 is 19.9 Å². The summed E-state index contributed by atoms with van der Waals surface area (Å²) in [5, 5.41) is 12.6. The van der Waals surface area contributed by atoms with E-state index < -0.39 is 6.10 Å². The highest BCUT2D eigenvalue weighted by molar-refractivity contribution is 5.76. The first-order valence-corrected chi connectivity index (χ1v) is 8.34. The molecule has 1 aliphatic heterocycles. The van der Waals surface area contributed by atoms with Crippen molar-refractivity contribution in [2.75, 3.05) is 19.6 Å². The van der Waals surface area contributed by atoms with E-state index in [0.717, 1.165) is 42.8 Å². The molecule has 1 aliphatic rings. The maximum atomic E-state index is 12.1. The fourth-order valence-corrected chi connectivity index (χ4v) is 3.20. The van der Waals surface area contributed by atoms with Gasteiger partial charge in [-0.1, -0.05) is 12.1 Å². The molecule has 3 rings (SSSR count). The number of carbonyl (C=O) groups excluding carboxylic acids is 1. The third-order valence-corrected chi connectivity index (χ3v) is 4.36. The summed E-state index contributed by atoms with van der Waals surface area (Å²) < 4.78 is 2.19. The predicted octanol–water partition coefficient (Wildman–Crippen LogP) is 1.76. The average molecular weight is 316 g/mol. The molecule has 0 bridgehead atoms. The predicted molar refractivity (Wildman–Crippen MR) is 89.3 cm³/mol. The SMILES string of the molecule is CCn1c(CCNC(=O)N2CCCC(O)C2)nc2ccccc21. The number of nitrogens with one attached hydrogen (secondary N) is 1. The van der Waals surface area contributed by atoms with E-state index in [4.69, 9.17) is 0 Å². The van der Waals surface area contributed by atoms with Crippen LogP contribution in [0.1, 0.15) is 25.6 Å². The molecule has 1 aromatic heterocycles. The first-order valence-electron chi connectivity index (χ1n) is 8.34. The second-order valence-electron chi connectivity index (χ2n) is 5.99. The van der Waals surface area contributed by atoms with Gasteiger partial charge in [0.15, 0.2) is 0 Å². The van der Waals surface area contributed by atoms with E-state index in [1.807, 2.05) is 18.2 Å². The van der Waals surface area contributed by atoms with E-state index in [-0.39, 0.29) is 6.03 Å². The Bertz CT molecular complexity index is 682. The van der Waals surface area contributed by atoms with Crippen molar-refractivity contribution in [1.82, 2.24) is 19.8 Å². The van der Waals surface area contributed by atoms with Crippen LogP contribution in [0.5, 0.6) is 0 Å². The van der Waals surface area contributed by atoms with Crippen LogP contribution in [0.4, 0.5) is 4.79 Å². The highest BCUT2D eigenvalue weighted by atomic mass is 16.3. The monoisotopic (exact) mass is 316 g/mol. The Morgan fingerprint density at radius 2 is 2.26 bits per heavy atom. The van der Waals surface area contributed by atoms with Gasteiger partial charge in [-0.05, 0) is 31.9 Å². The molecule has 2 aromatic rings. The highest BCUT2D eigenvalue weighted by Gasteiger charge is 2.21. The van der Waals surface area contributed by atoms with Gasteiger partial charge in [0.25, 0.3) is 0 Å². The van der Waals surface area contributed by atoms with Gasteiger partial charge in [-0.3, -0.25) is 0 Å². The van der Waals surface area contributed by atoms with E-state index in [2.05, 4.69) is 27.9 Å². The zero-order valence-electron chi connectivity index (χ0n) is 13.5. The lowest BCUT2D eigenvalue weighted by Crippen LogP contribution is -2.47. The number of hydrogen-bond donors (Lipinski definition) is 2. The lowest BCUT2D eigenvalue weighted by Gasteiger charge is -2.30. The number of hydrogen-bond acceptors (Lipinski definition) is 3. The van der Waals surface area contributed by atoms with Crippen molar-refractivity contribution in [3.8, 4) is 0 Å². The molecule has 2 amide bonds. The molecule has 0 aliphatic carbocycles. The summed E-state index contributed by atoms with van der Waals surface area (Å²) >= 11 is 0. The summed E-state index contributed by atoms with van der Waals surface area (Å²) in [7, 11) is 0. The van der Waals surface area contributed by atoms with Crippen LogP contribution in [0.15, 0.2) is 24.3 Å². The van der Waals surface area contributed by atoms with Crippen LogP contribution in [0, 0.1) is 0 Å². The molecule has 0 saturated carbocycles. The number of fused-ring (bicyclic) bond motifs is 1. The van der Waals surface area contributed by atoms with Crippen molar-refractivity contribution in [2.24, 2.45) is 0 Å². The van der Waals surface area contributed by atoms with E-state index in [1.165, 1.54) is 0 Å². The number of amides is 2. The number of carbonyl (C=O) groups is 1. The standard InChI is InChI=1S/C17H24N4O2/c1-2-21-15-8-4-3-7-14(15)19-16(21)9-10-18-17(23)20-11-5-6-13(22)12-20/h3-4,7-8,13,22H,2,5-6,9-12H2,1H3,(H,18,23). The molecule has 0 radical (unpaired) electrons. The summed E-state index contributed by atoms with van der Waals surface area (Å²) in [6.07, 6.45) is 1.95. The minimum absolute atomic E-state index is 0.0945. The van der Waals surface area contributed by atoms with Crippen LogP contribution in [-0.4, -0.2) is 51.3 Å². The molecule has 124 valence electrons. The van der Waals surface area contributed by atoms with E-state index >= 15 is 0 Å². The lowest BCUT2D eigenvalue weighted by molar-refractivity contribution is 0.0843. The van der Waals surface area contributed by atoms with Crippen molar-refractivity contribution >= 4 is 17.1 Å². The summed E-state index contributed by atoms with van der Waals surface area (Å²) in [6, 6.07) is 8.00. The summed E-state index contributed by atoms with van der Waals surface area (Å²) in [4.78, 5) is 18.5. The first kappa shape index (κ1) is 15.8. The van der Waals surface area contributed by atoms with Crippen LogP contribution in [-0.2, 0) is 13.0 Å². The Kier molecular flexibility index (Phi) is 4.81. The number of imidazole rings is 1. The molecule has 1 fully saturated rings.